The van der Waals surface area contributed by atoms with Crippen molar-refractivity contribution < 1.29 is 38.0 Å². The molecule has 1 aliphatic rings. The maximum Gasteiger partial charge on any atom is 0.216 e. The predicted octanol–water partition coefficient (Wildman–Crippen LogP) is -0.00930. The van der Waals surface area contributed by atoms with Gasteiger partial charge in [0.15, 0.2) is 0 Å². The third kappa shape index (κ3) is 20.8. The van der Waals surface area contributed by atoms with Crippen LogP contribution in [0.25, 0.3) is 0 Å². The van der Waals surface area contributed by atoms with Gasteiger partial charge in [0, 0.05) is 13.5 Å². The van der Waals surface area contributed by atoms with Crippen molar-refractivity contribution in [3.05, 3.63) is 0 Å². The van der Waals surface area contributed by atoms with E-state index in [4.69, 9.17) is 33.2 Å². The lowest BCUT2D eigenvalue weighted by molar-refractivity contribution is -0.119. The zero-order chi connectivity index (χ0) is 22.2. The standard InChI is InChI=1S/C21H42N2O8/c1-20(24)23-6-7-25-8-9-26-10-11-27-12-13-28-14-15-29-16-17-30-18-19-31-21-2-4-22-5-3-21/h21-22H,2-19H2,1H3,(H,23,24). The molecule has 0 unspecified atom stereocenters. The smallest absolute Gasteiger partial charge is 0.216 e. The molecule has 0 aromatic carbocycles. The fraction of sp³-hybridized carbons (Fsp3) is 0.952. The first-order valence-electron chi connectivity index (χ1n) is 11.3. The van der Waals surface area contributed by atoms with Crippen molar-refractivity contribution in [1.29, 1.82) is 0 Å². The summed E-state index contributed by atoms with van der Waals surface area (Å²) in [5, 5.41) is 5.98. The monoisotopic (exact) mass is 450 g/mol. The molecular weight excluding hydrogens is 408 g/mol. The number of hydrogen-bond acceptors (Lipinski definition) is 9. The van der Waals surface area contributed by atoms with Crippen LogP contribution < -0.4 is 10.6 Å². The molecule has 10 nitrogen and oxygen atoms in total. The SMILES string of the molecule is CC(=O)NCCOCCOCCOCCOCCOCCOCCOC1CCNCC1. The van der Waals surface area contributed by atoms with Crippen molar-refractivity contribution in [3.63, 3.8) is 0 Å². The van der Waals surface area contributed by atoms with E-state index in [0.717, 1.165) is 25.9 Å². The van der Waals surface area contributed by atoms with Gasteiger partial charge in [0.05, 0.1) is 92.0 Å². The van der Waals surface area contributed by atoms with Crippen molar-refractivity contribution in [1.82, 2.24) is 10.6 Å². The number of rotatable bonds is 22. The maximum absolute atomic E-state index is 10.7. The third-order valence-corrected chi connectivity index (χ3v) is 4.35. The van der Waals surface area contributed by atoms with Gasteiger partial charge in [0.1, 0.15) is 0 Å². The van der Waals surface area contributed by atoms with Crippen LogP contribution in [-0.4, -0.2) is 118 Å². The number of ether oxygens (including phenoxy) is 7. The van der Waals surface area contributed by atoms with Gasteiger partial charge in [-0.05, 0) is 25.9 Å². The molecule has 2 N–H and O–H groups in total. The summed E-state index contributed by atoms with van der Waals surface area (Å²) in [6.07, 6.45) is 2.54. The van der Waals surface area contributed by atoms with Crippen LogP contribution in [0, 0.1) is 0 Å². The molecule has 0 bridgehead atoms. The predicted molar refractivity (Wildman–Crippen MR) is 115 cm³/mol. The Morgan fingerprint density at radius 3 is 1.48 bits per heavy atom. The number of hydrogen-bond donors (Lipinski definition) is 2. The maximum atomic E-state index is 10.7. The molecule has 184 valence electrons. The Balaban J connectivity index is 1.63. The van der Waals surface area contributed by atoms with Crippen LogP contribution in [0.5, 0.6) is 0 Å². The fourth-order valence-corrected chi connectivity index (χ4v) is 2.74. The molecule has 1 aliphatic heterocycles. The highest BCUT2D eigenvalue weighted by molar-refractivity contribution is 5.72. The Kier molecular flexibility index (Phi) is 20.3. The highest BCUT2D eigenvalue weighted by Crippen LogP contribution is 2.06. The van der Waals surface area contributed by atoms with Crippen molar-refractivity contribution in [2.45, 2.75) is 25.9 Å². The van der Waals surface area contributed by atoms with Gasteiger partial charge in [-0.15, -0.1) is 0 Å². The molecule has 0 aliphatic carbocycles. The summed E-state index contributed by atoms with van der Waals surface area (Å²) in [4.78, 5) is 10.7. The topological polar surface area (TPSA) is 106 Å². The van der Waals surface area contributed by atoms with Gasteiger partial charge in [-0.1, -0.05) is 0 Å². The van der Waals surface area contributed by atoms with E-state index in [0.29, 0.717) is 98.5 Å². The number of piperidine rings is 1. The van der Waals surface area contributed by atoms with Crippen molar-refractivity contribution in [3.8, 4) is 0 Å². The summed E-state index contributed by atoms with van der Waals surface area (Å²) in [5.74, 6) is -0.0528. The lowest BCUT2D eigenvalue weighted by atomic mass is 10.1. The van der Waals surface area contributed by atoms with Gasteiger partial charge in [-0.3, -0.25) is 4.79 Å². The number of nitrogens with one attached hydrogen (secondary N) is 2. The Bertz CT molecular complexity index is 398. The molecule has 0 radical (unpaired) electrons. The van der Waals surface area contributed by atoms with Gasteiger partial charge < -0.3 is 43.8 Å². The molecule has 1 heterocycles. The lowest BCUT2D eigenvalue weighted by Crippen LogP contribution is -2.33. The van der Waals surface area contributed by atoms with Crippen LogP contribution >= 0.6 is 0 Å². The molecule has 0 aromatic heterocycles. The average Bonchev–Trinajstić information content (AvgIpc) is 2.77. The first kappa shape index (κ1) is 28.2. The molecule has 31 heavy (non-hydrogen) atoms. The minimum Gasteiger partial charge on any atom is -0.377 e. The normalized spacial score (nSPS) is 14.7. The largest absolute Gasteiger partial charge is 0.377 e. The van der Waals surface area contributed by atoms with E-state index in [1.54, 1.807) is 0 Å². The van der Waals surface area contributed by atoms with Crippen LogP contribution in [-0.2, 0) is 38.0 Å². The van der Waals surface area contributed by atoms with Crippen LogP contribution in [0.1, 0.15) is 19.8 Å². The summed E-state index contributed by atoms with van der Waals surface area (Å²) >= 11 is 0. The van der Waals surface area contributed by atoms with Crippen molar-refractivity contribution in [2.75, 3.05) is 106 Å². The van der Waals surface area contributed by atoms with Crippen LogP contribution in [0.3, 0.4) is 0 Å². The molecule has 1 amide bonds. The fourth-order valence-electron chi connectivity index (χ4n) is 2.74. The molecule has 1 rings (SSSR count). The molecule has 0 atom stereocenters. The van der Waals surface area contributed by atoms with Crippen LogP contribution in [0.15, 0.2) is 0 Å². The van der Waals surface area contributed by atoms with E-state index >= 15 is 0 Å². The summed E-state index contributed by atoms with van der Waals surface area (Å²) in [6.45, 7) is 11.1. The summed E-state index contributed by atoms with van der Waals surface area (Å²) in [7, 11) is 0. The molecule has 1 saturated heterocycles. The molecular formula is C21H42N2O8. The lowest BCUT2D eigenvalue weighted by Gasteiger charge is -2.22. The first-order valence-corrected chi connectivity index (χ1v) is 11.3. The van der Waals surface area contributed by atoms with Crippen LogP contribution in [0.2, 0.25) is 0 Å². The van der Waals surface area contributed by atoms with Gasteiger partial charge in [0.2, 0.25) is 5.91 Å². The van der Waals surface area contributed by atoms with Gasteiger partial charge in [0.25, 0.3) is 0 Å². The Labute approximate surface area is 186 Å². The molecule has 1 fully saturated rings. The molecule has 0 spiro atoms. The Morgan fingerprint density at radius 2 is 1.06 bits per heavy atom. The highest BCUT2D eigenvalue weighted by atomic mass is 16.6. The molecule has 10 heteroatoms. The molecule has 0 saturated carbocycles. The first-order chi connectivity index (χ1) is 15.3. The highest BCUT2D eigenvalue weighted by Gasteiger charge is 2.12. The van der Waals surface area contributed by atoms with Crippen molar-refractivity contribution in [2.24, 2.45) is 0 Å². The van der Waals surface area contributed by atoms with Crippen molar-refractivity contribution >= 4 is 5.91 Å². The molecule has 0 aromatic rings. The Morgan fingerprint density at radius 1 is 0.677 bits per heavy atom. The minimum atomic E-state index is -0.0528. The van der Waals surface area contributed by atoms with E-state index in [2.05, 4.69) is 10.6 Å². The van der Waals surface area contributed by atoms with E-state index in [9.17, 15) is 4.79 Å². The zero-order valence-electron chi connectivity index (χ0n) is 19.1. The second-order valence-corrected chi connectivity index (χ2v) is 6.98. The number of amides is 1. The third-order valence-electron chi connectivity index (χ3n) is 4.35. The van der Waals surface area contributed by atoms with Gasteiger partial charge >= 0.3 is 0 Å². The van der Waals surface area contributed by atoms with E-state index in [1.807, 2.05) is 0 Å². The minimum absolute atomic E-state index is 0.0528. The quantitative estimate of drug-likeness (QED) is 0.220. The summed E-state index contributed by atoms with van der Waals surface area (Å²) in [5.41, 5.74) is 0. The number of carbonyl (C=O) groups excluding carboxylic acids is 1. The average molecular weight is 451 g/mol. The van der Waals surface area contributed by atoms with Crippen LogP contribution in [0.4, 0.5) is 0 Å². The number of carbonyl (C=O) groups is 1. The van der Waals surface area contributed by atoms with Gasteiger partial charge in [-0.2, -0.15) is 0 Å². The zero-order valence-corrected chi connectivity index (χ0v) is 19.1. The second kappa shape index (κ2) is 22.3. The van der Waals surface area contributed by atoms with E-state index < -0.39 is 0 Å². The van der Waals surface area contributed by atoms with E-state index in [1.165, 1.54) is 6.92 Å². The summed E-state index contributed by atoms with van der Waals surface area (Å²) in [6, 6.07) is 0. The second-order valence-electron chi connectivity index (χ2n) is 6.98. The Hall–Kier alpha value is -0.850. The van der Waals surface area contributed by atoms with E-state index in [-0.39, 0.29) is 5.91 Å². The summed E-state index contributed by atoms with van der Waals surface area (Å²) < 4.78 is 38.3. The van der Waals surface area contributed by atoms with Gasteiger partial charge in [-0.25, -0.2) is 0 Å².